The van der Waals surface area contributed by atoms with E-state index in [9.17, 15) is 8.42 Å². The molecule has 1 aromatic rings. The van der Waals surface area contributed by atoms with Gasteiger partial charge < -0.3 is 24.8 Å². The molecule has 2 N–H and O–H groups in total. The second-order valence-electron chi connectivity index (χ2n) is 11.7. The third-order valence-corrected chi connectivity index (χ3v) is 9.82. The number of ether oxygens (including phenoxy) is 3. The summed E-state index contributed by atoms with van der Waals surface area (Å²) in [5.74, 6) is 1.48. The molecule has 0 amide bonds. The van der Waals surface area contributed by atoms with Crippen molar-refractivity contribution in [1.82, 2.24) is 10.6 Å². The summed E-state index contributed by atoms with van der Waals surface area (Å²) in [5.41, 5.74) is 2.40. The molecule has 0 radical (unpaired) electrons. The van der Waals surface area contributed by atoms with E-state index in [4.69, 9.17) is 18.4 Å². The highest BCUT2D eigenvalue weighted by Crippen LogP contribution is 2.35. The Labute approximate surface area is 245 Å². The Hall–Kier alpha value is -2.01. The molecule has 0 bridgehead atoms. The van der Waals surface area contributed by atoms with Crippen LogP contribution in [0.1, 0.15) is 63.9 Å². The fourth-order valence-electron chi connectivity index (χ4n) is 6.15. The Morgan fingerprint density at radius 3 is 2.66 bits per heavy atom. The number of rotatable bonds is 12. The number of allylic oxidation sites excluding steroid dienone is 1. The van der Waals surface area contributed by atoms with Gasteiger partial charge in [0.25, 0.3) is 10.1 Å². The third-order valence-electron chi connectivity index (χ3n) is 8.53. The van der Waals surface area contributed by atoms with Gasteiger partial charge in [-0.15, -0.1) is 0 Å². The average Bonchev–Trinajstić information content (AvgIpc) is 2.99. The van der Waals surface area contributed by atoms with Crippen molar-refractivity contribution in [2.24, 2.45) is 5.92 Å². The van der Waals surface area contributed by atoms with Crippen molar-refractivity contribution in [3.8, 4) is 0 Å². The lowest BCUT2D eigenvalue weighted by Crippen LogP contribution is -2.49. The van der Waals surface area contributed by atoms with Gasteiger partial charge in [-0.2, -0.15) is 8.42 Å². The predicted octanol–water partition coefficient (Wildman–Crippen LogP) is 4.91. The molecular weight excluding hydrogens is 540 g/mol. The minimum Gasteiger partial charge on any atom is -0.495 e. The van der Waals surface area contributed by atoms with E-state index < -0.39 is 16.2 Å². The fraction of sp³-hybridized carbons (Fsp3) is 0.625. The van der Waals surface area contributed by atoms with Gasteiger partial charge in [-0.3, -0.25) is 4.18 Å². The van der Waals surface area contributed by atoms with Crippen LogP contribution >= 0.6 is 0 Å². The van der Waals surface area contributed by atoms with Gasteiger partial charge in [0, 0.05) is 31.2 Å². The van der Waals surface area contributed by atoms with Crippen LogP contribution in [0.4, 0.5) is 0 Å². The Morgan fingerprint density at radius 2 is 1.93 bits per heavy atom. The van der Waals surface area contributed by atoms with Crippen molar-refractivity contribution in [2.75, 3.05) is 26.4 Å². The molecule has 0 saturated carbocycles. The molecule has 226 valence electrons. The molecule has 2 aliphatic heterocycles. The van der Waals surface area contributed by atoms with Crippen molar-refractivity contribution in [1.29, 1.82) is 0 Å². The minimum absolute atomic E-state index is 0.129. The second-order valence-corrected chi connectivity index (χ2v) is 13.3. The van der Waals surface area contributed by atoms with E-state index in [2.05, 4.69) is 41.9 Å². The van der Waals surface area contributed by atoms with Gasteiger partial charge in [-0.1, -0.05) is 42.8 Å². The summed E-state index contributed by atoms with van der Waals surface area (Å²) in [6.45, 7) is 5.78. The molecule has 2 aliphatic carbocycles. The highest BCUT2D eigenvalue weighted by Gasteiger charge is 2.34. The maximum Gasteiger partial charge on any atom is 0.297 e. The Balaban J connectivity index is 1.15. The molecular formula is C32H46N2O6S. The van der Waals surface area contributed by atoms with Crippen molar-refractivity contribution < 1.29 is 26.8 Å². The summed E-state index contributed by atoms with van der Waals surface area (Å²) >= 11 is 0. The van der Waals surface area contributed by atoms with Gasteiger partial charge in [0.1, 0.15) is 12.7 Å². The molecule has 4 aliphatic rings. The number of hydrogen-bond donors (Lipinski definition) is 2. The second kappa shape index (κ2) is 14.4. The quantitative estimate of drug-likeness (QED) is 0.334. The first-order valence-corrected chi connectivity index (χ1v) is 16.7. The predicted molar refractivity (Wildman–Crippen MR) is 159 cm³/mol. The van der Waals surface area contributed by atoms with Crippen LogP contribution in [0, 0.1) is 12.8 Å². The fourth-order valence-corrected chi connectivity index (χ4v) is 7.09. The molecule has 2 unspecified atom stereocenters. The van der Waals surface area contributed by atoms with Gasteiger partial charge in [-0.05, 0) is 88.1 Å². The number of benzene rings is 1. The standard InChI is InChI=1S/C32H46N2O6S/c1-3-33-26-12-9-24(10-13-26)30-17-11-25-20-27(14-18-31(25)34-30)38-21-28(40-32-6-4-5-19-37-32)22-39-41(35,36)29-15-7-23(2)8-16-29/h7-10,12,14-16,25-26,28,30-34H,3-6,11,13,17-22H2,1-2H3/t25-,26-,28?,30+,31+,32?/m1/s1. The first-order valence-electron chi connectivity index (χ1n) is 15.3. The zero-order valence-electron chi connectivity index (χ0n) is 24.4. The highest BCUT2D eigenvalue weighted by atomic mass is 32.2. The molecule has 6 atom stereocenters. The van der Waals surface area contributed by atoms with Crippen LogP contribution in [0.2, 0.25) is 0 Å². The summed E-state index contributed by atoms with van der Waals surface area (Å²) in [4.78, 5) is 0.137. The number of fused-ring (bicyclic) bond motifs is 1. The van der Waals surface area contributed by atoms with E-state index >= 15 is 0 Å². The van der Waals surface area contributed by atoms with Crippen molar-refractivity contribution in [3.63, 3.8) is 0 Å². The first kappa shape index (κ1) is 30.4. The first-order chi connectivity index (χ1) is 19.9. The van der Waals surface area contributed by atoms with Crippen LogP contribution in [-0.2, 0) is 28.5 Å². The van der Waals surface area contributed by atoms with E-state index in [0.29, 0.717) is 30.7 Å². The Bertz CT molecular complexity index is 1190. The molecule has 41 heavy (non-hydrogen) atoms. The lowest BCUT2D eigenvalue weighted by molar-refractivity contribution is -0.200. The summed E-state index contributed by atoms with van der Waals surface area (Å²) in [7, 11) is -3.90. The van der Waals surface area contributed by atoms with E-state index in [1.807, 2.05) is 6.92 Å². The molecule has 2 heterocycles. The number of hydrogen-bond acceptors (Lipinski definition) is 8. The highest BCUT2D eigenvalue weighted by molar-refractivity contribution is 7.86. The smallest absolute Gasteiger partial charge is 0.297 e. The number of piperidine rings is 1. The molecule has 0 spiro atoms. The monoisotopic (exact) mass is 586 g/mol. The maximum atomic E-state index is 12.8. The van der Waals surface area contributed by atoms with Crippen molar-refractivity contribution in [3.05, 3.63) is 65.5 Å². The van der Waals surface area contributed by atoms with E-state index in [-0.39, 0.29) is 24.4 Å². The van der Waals surface area contributed by atoms with Gasteiger partial charge in [0.15, 0.2) is 6.29 Å². The molecule has 5 rings (SSSR count). The summed E-state index contributed by atoms with van der Waals surface area (Å²) in [6.07, 6.45) is 16.1. The van der Waals surface area contributed by atoms with E-state index in [1.165, 1.54) is 5.57 Å². The summed E-state index contributed by atoms with van der Waals surface area (Å²) in [6, 6.07) is 7.95. The number of aryl methyl sites for hydroxylation is 1. The molecule has 0 aromatic heterocycles. The molecule has 8 nitrogen and oxygen atoms in total. The summed E-state index contributed by atoms with van der Waals surface area (Å²) < 4.78 is 49.2. The number of likely N-dealkylation sites (N-methyl/N-ethyl adjacent to an activating group) is 1. The normalized spacial score (nSPS) is 29.3. The van der Waals surface area contributed by atoms with Crippen molar-refractivity contribution in [2.45, 2.75) is 101 Å². The van der Waals surface area contributed by atoms with Gasteiger partial charge in [-0.25, -0.2) is 0 Å². The van der Waals surface area contributed by atoms with Gasteiger partial charge in [0.2, 0.25) is 0 Å². The third kappa shape index (κ3) is 8.52. The van der Waals surface area contributed by atoms with Crippen LogP contribution in [0.15, 0.2) is 64.8 Å². The molecule has 1 aromatic carbocycles. The van der Waals surface area contributed by atoms with Gasteiger partial charge >= 0.3 is 0 Å². The van der Waals surface area contributed by atoms with Crippen LogP contribution in [0.5, 0.6) is 0 Å². The largest absolute Gasteiger partial charge is 0.495 e. The lowest BCUT2D eigenvalue weighted by Gasteiger charge is -2.41. The lowest BCUT2D eigenvalue weighted by atomic mass is 9.78. The minimum atomic E-state index is -3.90. The number of nitrogens with one attached hydrogen (secondary N) is 2. The summed E-state index contributed by atoms with van der Waals surface area (Å²) in [5, 5.41) is 7.40. The van der Waals surface area contributed by atoms with Crippen LogP contribution < -0.4 is 10.6 Å². The Kier molecular flexibility index (Phi) is 10.7. The van der Waals surface area contributed by atoms with E-state index in [0.717, 1.165) is 69.2 Å². The molecule has 2 fully saturated rings. The average molecular weight is 587 g/mol. The molecule has 9 heteroatoms. The van der Waals surface area contributed by atoms with E-state index in [1.54, 1.807) is 24.3 Å². The zero-order chi connectivity index (χ0) is 28.7. The topological polar surface area (TPSA) is 95.1 Å². The van der Waals surface area contributed by atoms with Crippen LogP contribution in [-0.4, -0.2) is 65.3 Å². The Morgan fingerprint density at radius 1 is 1.07 bits per heavy atom. The van der Waals surface area contributed by atoms with Gasteiger partial charge in [0.05, 0.1) is 17.3 Å². The van der Waals surface area contributed by atoms with Crippen LogP contribution in [0.3, 0.4) is 0 Å². The molecule has 2 saturated heterocycles. The maximum absolute atomic E-state index is 12.8. The van der Waals surface area contributed by atoms with Crippen molar-refractivity contribution >= 4 is 10.1 Å². The van der Waals surface area contributed by atoms with Crippen LogP contribution in [0.25, 0.3) is 0 Å². The zero-order valence-corrected chi connectivity index (χ0v) is 25.2. The SMILES string of the molecule is CCN[C@@H]1C=CC([C@@H]2CC[C@@H]3CC(OCC(COS(=O)(=O)c4ccc(C)cc4)OC4CCCCO4)=CC[C@@H]3N2)=CC1.